The number of hydrogen-bond acceptors (Lipinski definition) is 6. The van der Waals surface area contributed by atoms with Gasteiger partial charge in [-0.2, -0.15) is 0 Å². The number of nitrogens with zero attached hydrogens (tertiary/aromatic N) is 3. The van der Waals surface area contributed by atoms with Crippen LogP contribution in [-0.2, 0) is 6.54 Å². The zero-order valence-electron chi connectivity index (χ0n) is 8.48. The van der Waals surface area contributed by atoms with Crippen LogP contribution in [0.5, 0.6) is 5.75 Å². The molecule has 0 fully saturated rings. The van der Waals surface area contributed by atoms with Crippen molar-refractivity contribution in [3.05, 3.63) is 28.1 Å². The van der Waals surface area contributed by atoms with Crippen LogP contribution >= 0.6 is 22.9 Å². The van der Waals surface area contributed by atoms with E-state index in [4.69, 9.17) is 16.3 Å². The van der Waals surface area contributed by atoms with Crippen molar-refractivity contribution in [2.24, 2.45) is 0 Å². The van der Waals surface area contributed by atoms with E-state index in [9.17, 15) is 0 Å². The van der Waals surface area contributed by atoms with Gasteiger partial charge in [-0.3, -0.25) is 0 Å². The van der Waals surface area contributed by atoms with E-state index in [0.717, 1.165) is 5.69 Å². The summed E-state index contributed by atoms with van der Waals surface area (Å²) < 4.78 is 5.11. The maximum absolute atomic E-state index is 5.86. The van der Waals surface area contributed by atoms with Gasteiger partial charge in [0.25, 0.3) is 0 Å². The second kappa shape index (κ2) is 5.09. The minimum Gasteiger partial charge on any atom is -0.490 e. The van der Waals surface area contributed by atoms with Gasteiger partial charge in [0.2, 0.25) is 0 Å². The van der Waals surface area contributed by atoms with Gasteiger partial charge in [-0.15, -0.1) is 11.3 Å². The van der Waals surface area contributed by atoms with Gasteiger partial charge in [0, 0.05) is 5.38 Å². The third-order valence-electron chi connectivity index (χ3n) is 1.88. The van der Waals surface area contributed by atoms with E-state index in [0.29, 0.717) is 23.3 Å². The second-order valence-electron chi connectivity index (χ2n) is 2.88. The molecule has 2 aromatic rings. The number of nitrogens with one attached hydrogen (secondary N) is 1. The van der Waals surface area contributed by atoms with Crippen molar-refractivity contribution in [2.75, 3.05) is 12.4 Å². The standard InChI is InChI=1S/C9H9ClN4OS/c1-15-7-8(10)12-4-13-9(7)11-2-6-3-16-5-14-6/h3-5H,2H2,1H3,(H,11,12,13). The van der Waals surface area contributed by atoms with E-state index in [-0.39, 0.29) is 0 Å². The summed E-state index contributed by atoms with van der Waals surface area (Å²) >= 11 is 7.41. The molecule has 0 aliphatic rings. The number of ether oxygens (including phenoxy) is 1. The first-order chi connectivity index (χ1) is 7.81. The smallest absolute Gasteiger partial charge is 0.198 e. The van der Waals surface area contributed by atoms with Gasteiger partial charge in [0.1, 0.15) is 6.33 Å². The van der Waals surface area contributed by atoms with E-state index in [1.807, 2.05) is 5.38 Å². The predicted octanol–water partition coefficient (Wildman–Crippen LogP) is 2.21. The Kier molecular flexibility index (Phi) is 3.53. The highest BCUT2D eigenvalue weighted by Crippen LogP contribution is 2.28. The lowest BCUT2D eigenvalue weighted by Gasteiger charge is -2.09. The van der Waals surface area contributed by atoms with Crippen molar-refractivity contribution >= 4 is 28.8 Å². The second-order valence-corrected chi connectivity index (χ2v) is 3.96. The molecule has 2 heterocycles. The molecule has 0 unspecified atom stereocenters. The molecule has 0 bridgehead atoms. The molecule has 0 saturated carbocycles. The zero-order chi connectivity index (χ0) is 11.4. The van der Waals surface area contributed by atoms with Crippen LogP contribution in [0, 0.1) is 0 Å². The molecule has 0 aliphatic heterocycles. The van der Waals surface area contributed by atoms with Gasteiger partial charge in [-0.1, -0.05) is 11.6 Å². The summed E-state index contributed by atoms with van der Waals surface area (Å²) in [5, 5.41) is 5.34. The normalized spacial score (nSPS) is 10.1. The average molecular weight is 257 g/mol. The van der Waals surface area contributed by atoms with E-state index < -0.39 is 0 Å². The number of aromatic nitrogens is 3. The first-order valence-electron chi connectivity index (χ1n) is 4.46. The molecule has 7 heteroatoms. The average Bonchev–Trinajstić information content (AvgIpc) is 2.79. The molecule has 84 valence electrons. The summed E-state index contributed by atoms with van der Waals surface area (Å²) in [6.07, 6.45) is 1.38. The number of methoxy groups -OCH3 is 1. The Balaban J connectivity index is 2.12. The number of anilines is 1. The third-order valence-corrected chi connectivity index (χ3v) is 2.79. The Bertz CT molecular complexity index is 463. The summed E-state index contributed by atoms with van der Waals surface area (Å²) in [7, 11) is 1.53. The molecule has 0 amide bonds. The molecular weight excluding hydrogens is 248 g/mol. The molecule has 0 aromatic carbocycles. The highest BCUT2D eigenvalue weighted by atomic mass is 35.5. The maximum Gasteiger partial charge on any atom is 0.198 e. The first kappa shape index (κ1) is 11.1. The van der Waals surface area contributed by atoms with E-state index in [1.165, 1.54) is 13.4 Å². The van der Waals surface area contributed by atoms with Gasteiger partial charge in [-0.25, -0.2) is 15.0 Å². The quantitative estimate of drug-likeness (QED) is 0.850. The summed E-state index contributed by atoms with van der Waals surface area (Å²) in [5.74, 6) is 1.01. The molecule has 16 heavy (non-hydrogen) atoms. The number of hydrogen-bond donors (Lipinski definition) is 1. The van der Waals surface area contributed by atoms with Crippen LogP contribution in [0.25, 0.3) is 0 Å². The topological polar surface area (TPSA) is 59.9 Å². The van der Waals surface area contributed by atoms with Gasteiger partial charge in [0.05, 0.1) is 24.9 Å². The Morgan fingerprint density at radius 1 is 1.44 bits per heavy atom. The summed E-state index contributed by atoms with van der Waals surface area (Å²) in [6.45, 7) is 0.577. The zero-order valence-corrected chi connectivity index (χ0v) is 10.0. The monoisotopic (exact) mass is 256 g/mol. The molecule has 2 rings (SSSR count). The van der Waals surface area contributed by atoms with Gasteiger partial charge < -0.3 is 10.1 Å². The molecule has 2 aromatic heterocycles. The number of halogens is 1. The highest BCUT2D eigenvalue weighted by molar-refractivity contribution is 7.07. The highest BCUT2D eigenvalue weighted by Gasteiger charge is 2.09. The fourth-order valence-electron chi connectivity index (χ4n) is 1.16. The molecule has 5 nitrogen and oxygen atoms in total. The van der Waals surface area contributed by atoms with Gasteiger partial charge >= 0.3 is 0 Å². The molecular formula is C9H9ClN4OS. The van der Waals surface area contributed by atoms with Crippen LogP contribution in [0.1, 0.15) is 5.69 Å². The van der Waals surface area contributed by atoms with E-state index in [2.05, 4.69) is 20.3 Å². The first-order valence-corrected chi connectivity index (χ1v) is 5.78. The van der Waals surface area contributed by atoms with Crippen LogP contribution in [0.4, 0.5) is 5.82 Å². The molecule has 0 atom stereocenters. The Morgan fingerprint density at radius 3 is 3.00 bits per heavy atom. The lowest BCUT2D eigenvalue weighted by molar-refractivity contribution is 0.413. The Morgan fingerprint density at radius 2 is 2.31 bits per heavy atom. The van der Waals surface area contributed by atoms with Gasteiger partial charge in [-0.05, 0) is 0 Å². The molecule has 0 saturated heterocycles. The Labute approximate surface area is 101 Å². The van der Waals surface area contributed by atoms with Crippen LogP contribution in [-0.4, -0.2) is 22.1 Å². The van der Waals surface area contributed by atoms with Crippen molar-refractivity contribution in [3.63, 3.8) is 0 Å². The summed E-state index contributed by atoms with van der Waals surface area (Å²) in [5.41, 5.74) is 2.73. The molecule has 0 spiro atoms. The number of rotatable bonds is 4. The fraction of sp³-hybridized carbons (Fsp3) is 0.222. The SMILES string of the molecule is COc1c(Cl)ncnc1NCc1cscn1. The van der Waals surface area contributed by atoms with Crippen molar-refractivity contribution in [1.29, 1.82) is 0 Å². The molecule has 1 N–H and O–H groups in total. The van der Waals surface area contributed by atoms with Crippen molar-refractivity contribution in [2.45, 2.75) is 6.54 Å². The minimum absolute atomic E-state index is 0.290. The van der Waals surface area contributed by atoms with Crippen molar-refractivity contribution < 1.29 is 4.74 Å². The molecule has 0 aliphatic carbocycles. The van der Waals surface area contributed by atoms with Gasteiger partial charge in [0.15, 0.2) is 16.7 Å². The van der Waals surface area contributed by atoms with E-state index >= 15 is 0 Å². The van der Waals surface area contributed by atoms with Crippen molar-refractivity contribution in [3.8, 4) is 5.75 Å². The summed E-state index contributed by atoms with van der Waals surface area (Å²) in [4.78, 5) is 12.0. The largest absolute Gasteiger partial charge is 0.490 e. The fourth-order valence-corrected chi connectivity index (χ4v) is 1.93. The third kappa shape index (κ3) is 2.40. The lowest BCUT2D eigenvalue weighted by Crippen LogP contribution is -2.04. The Hall–Kier alpha value is -1.40. The van der Waals surface area contributed by atoms with E-state index in [1.54, 1.807) is 16.8 Å². The van der Waals surface area contributed by atoms with Crippen LogP contribution < -0.4 is 10.1 Å². The molecule has 0 radical (unpaired) electrons. The predicted molar refractivity (Wildman–Crippen MR) is 63.0 cm³/mol. The number of thiazole rings is 1. The lowest BCUT2D eigenvalue weighted by atomic mass is 10.4. The maximum atomic E-state index is 5.86. The van der Waals surface area contributed by atoms with Crippen LogP contribution in [0.2, 0.25) is 5.15 Å². The van der Waals surface area contributed by atoms with Crippen LogP contribution in [0.3, 0.4) is 0 Å². The van der Waals surface area contributed by atoms with Crippen LogP contribution in [0.15, 0.2) is 17.2 Å². The summed E-state index contributed by atoms with van der Waals surface area (Å²) in [6, 6.07) is 0. The minimum atomic E-state index is 0.290. The van der Waals surface area contributed by atoms with Crippen molar-refractivity contribution in [1.82, 2.24) is 15.0 Å².